The van der Waals surface area contributed by atoms with Gasteiger partial charge in [0.05, 0.1) is 29.0 Å². The van der Waals surface area contributed by atoms with Crippen LogP contribution in [0.3, 0.4) is 0 Å². The van der Waals surface area contributed by atoms with Gasteiger partial charge < -0.3 is 39.1 Å². The molecule has 0 fully saturated rings. The van der Waals surface area contributed by atoms with Gasteiger partial charge >= 0.3 is 13.8 Å². The van der Waals surface area contributed by atoms with Crippen LogP contribution in [-0.2, 0) is 39.4 Å². The van der Waals surface area contributed by atoms with Crippen molar-refractivity contribution >= 4 is 24.7 Å². The monoisotopic (exact) mass is 519 g/mol. The van der Waals surface area contributed by atoms with Crippen molar-refractivity contribution in [1.82, 2.24) is 14.5 Å². The van der Waals surface area contributed by atoms with E-state index in [0.717, 1.165) is 16.5 Å². The van der Waals surface area contributed by atoms with E-state index in [-0.39, 0.29) is 24.3 Å². The molecule has 0 unspecified atom stereocenters. The van der Waals surface area contributed by atoms with Crippen molar-refractivity contribution in [1.29, 1.82) is 0 Å². The molecule has 2 aliphatic heterocycles. The molecule has 2 aromatic heterocycles. The van der Waals surface area contributed by atoms with Crippen LogP contribution in [0.5, 0.6) is 5.75 Å². The zero-order valence-electron chi connectivity index (χ0n) is 19.8. The first kappa shape index (κ1) is 26.0. The topological polar surface area (TPSA) is 183 Å². The number of phenolic OH excluding ortho intramolecular Hbond substituents is 1. The van der Waals surface area contributed by atoms with Gasteiger partial charge in [-0.25, -0.2) is 14.3 Å². The lowest BCUT2D eigenvalue weighted by Crippen LogP contribution is -2.44. The van der Waals surface area contributed by atoms with Gasteiger partial charge in [-0.3, -0.25) is 4.79 Å². The van der Waals surface area contributed by atoms with E-state index in [2.05, 4.69) is 0 Å². The molecule has 3 aromatic rings. The van der Waals surface area contributed by atoms with Crippen molar-refractivity contribution in [2.45, 2.75) is 38.6 Å². The third-order valence-corrected chi connectivity index (χ3v) is 6.25. The molecule has 0 bridgehead atoms. The van der Waals surface area contributed by atoms with Crippen LogP contribution in [0.4, 0.5) is 0 Å². The Labute approximate surface area is 205 Å². The number of cyclic esters (lactones) is 1. The van der Waals surface area contributed by atoms with Crippen LogP contribution in [0.25, 0.3) is 22.3 Å². The lowest BCUT2D eigenvalue weighted by molar-refractivity contribution is -0.172. The summed E-state index contributed by atoms with van der Waals surface area (Å²) in [5.41, 5.74) is 2.03. The fourth-order valence-corrected chi connectivity index (χ4v) is 4.58. The minimum absolute atomic E-state index is 0.104. The molecule has 0 saturated heterocycles. The number of aromatic nitrogens is 2. The molecule has 192 valence electrons. The number of carbonyl (C=O) groups excluding carboxylic acids is 1. The number of pyridine rings is 2. The van der Waals surface area contributed by atoms with Gasteiger partial charge in [0.2, 0.25) is 0 Å². The van der Waals surface area contributed by atoms with Gasteiger partial charge in [-0.1, -0.05) is 6.92 Å². The molecule has 0 radical (unpaired) electrons. The number of phosphoric acid groups is 1. The maximum absolute atomic E-state index is 13.2. The highest BCUT2D eigenvalue weighted by Gasteiger charge is 2.45. The Morgan fingerprint density at radius 3 is 2.47 bits per heavy atom. The largest absolute Gasteiger partial charge is 0.508 e. The van der Waals surface area contributed by atoms with Crippen molar-refractivity contribution in [2.75, 3.05) is 14.1 Å². The van der Waals surface area contributed by atoms with Crippen molar-refractivity contribution in [3.05, 3.63) is 56.9 Å². The minimum Gasteiger partial charge on any atom is -0.508 e. The van der Waals surface area contributed by atoms with E-state index >= 15 is 0 Å². The van der Waals surface area contributed by atoms with E-state index in [1.54, 1.807) is 29.7 Å². The third-order valence-electron chi connectivity index (χ3n) is 6.25. The molecule has 5 rings (SSSR count). The number of benzene rings is 1. The molecule has 4 heterocycles. The molecule has 0 saturated carbocycles. The van der Waals surface area contributed by atoms with Gasteiger partial charge in [-0.2, -0.15) is 0 Å². The maximum atomic E-state index is 13.2. The summed E-state index contributed by atoms with van der Waals surface area (Å²) >= 11 is 0. The van der Waals surface area contributed by atoms with Gasteiger partial charge in [0.15, 0.2) is 5.60 Å². The smallest absolute Gasteiger partial charge is 0.466 e. The summed E-state index contributed by atoms with van der Waals surface area (Å²) in [7, 11) is -0.783. The summed E-state index contributed by atoms with van der Waals surface area (Å²) < 4.78 is 15.6. The molecule has 2 aliphatic rings. The summed E-state index contributed by atoms with van der Waals surface area (Å²) in [4.78, 5) is 53.8. The minimum atomic E-state index is -4.64. The zero-order valence-corrected chi connectivity index (χ0v) is 20.7. The Morgan fingerprint density at radius 1 is 1.19 bits per heavy atom. The number of fused-ring (bicyclic) bond motifs is 5. The second kappa shape index (κ2) is 9.07. The summed E-state index contributed by atoms with van der Waals surface area (Å²) in [6.45, 7) is 2.41. The van der Waals surface area contributed by atoms with E-state index < -0.39 is 19.4 Å². The molecule has 1 aromatic carbocycles. The van der Waals surface area contributed by atoms with Crippen LogP contribution in [-0.4, -0.2) is 59.4 Å². The lowest BCUT2D eigenvalue weighted by atomic mass is 9.86. The van der Waals surface area contributed by atoms with Crippen molar-refractivity contribution in [3.63, 3.8) is 0 Å². The highest BCUT2D eigenvalue weighted by atomic mass is 31.2. The Bertz CT molecular complexity index is 1490. The van der Waals surface area contributed by atoms with E-state index in [9.17, 15) is 19.8 Å². The SMILES string of the molecule is CC[C@@]1(O)C(=O)OCc2c1cc1n(c2=O)Cc2cc3c(CN(C)C)c(O)ccc3nc2-1.O=P(O)(O)O. The molecule has 1 atom stereocenters. The van der Waals surface area contributed by atoms with E-state index in [1.807, 2.05) is 25.1 Å². The first-order valence-corrected chi connectivity index (χ1v) is 12.6. The Kier molecular flexibility index (Phi) is 6.54. The normalized spacial score (nSPS) is 18.3. The van der Waals surface area contributed by atoms with E-state index in [0.29, 0.717) is 41.1 Å². The molecule has 0 spiro atoms. The van der Waals surface area contributed by atoms with Gasteiger partial charge in [0, 0.05) is 28.6 Å². The molecule has 0 amide bonds. The van der Waals surface area contributed by atoms with E-state index in [1.165, 1.54) is 0 Å². The van der Waals surface area contributed by atoms with Crippen molar-refractivity contribution < 1.29 is 39.0 Å². The first-order valence-electron chi connectivity index (χ1n) is 11.0. The molecule has 12 nitrogen and oxygen atoms in total. The number of carbonyl (C=O) groups is 1. The number of ether oxygens (including phenoxy) is 1. The average Bonchev–Trinajstić information content (AvgIpc) is 3.14. The molecular weight excluding hydrogens is 493 g/mol. The number of phenols is 1. The number of nitrogens with zero attached hydrogens (tertiary/aromatic N) is 3. The Hall–Kier alpha value is -3.12. The van der Waals surface area contributed by atoms with Crippen molar-refractivity contribution in [3.8, 4) is 17.1 Å². The highest BCUT2D eigenvalue weighted by molar-refractivity contribution is 7.45. The highest BCUT2D eigenvalue weighted by Crippen LogP contribution is 2.39. The Balaban J connectivity index is 0.000000556. The number of hydrogen-bond acceptors (Lipinski definition) is 8. The summed E-state index contributed by atoms with van der Waals surface area (Å²) in [6, 6.07) is 7.05. The molecule has 5 N–H and O–H groups in total. The molecule has 36 heavy (non-hydrogen) atoms. The molecular formula is C23H26N3O9P. The van der Waals surface area contributed by atoms with Crippen LogP contribution in [0.1, 0.15) is 35.6 Å². The number of rotatable bonds is 3. The molecule has 0 aliphatic carbocycles. The second-order valence-corrected chi connectivity index (χ2v) is 10.0. The predicted octanol–water partition coefficient (Wildman–Crippen LogP) is 0.918. The van der Waals surface area contributed by atoms with Crippen LogP contribution in [0.15, 0.2) is 29.1 Å². The fraction of sp³-hybridized carbons (Fsp3) is 0.348. The van der Waals surface area contributed by atoms with Gasteiger partial charge in [0.1, 0.15) is 12.4 Å². The lowest BCUT2D eigenvalue weighted by Gasteiger charge is -2.31. The molecule has 13 heteroatoms. The van der Waals surface area contributed by atoms with Gasteiger partial charge in [-0.05, 0) is 44.8 Å². The average molecular weight is 519 g/mol. The standard InChI is InChI=1S/C23H23N3O5.H3O4P/c1-4-23(30)16-8-18-20-12(9-26(18)21(28)15(16)11-31-22(23)29)7-13-14(10-25(2)3)19(27)6-5-17(13)24-20;1-5(2,3)4/h5-8,27,30H,4,9-11H2,1-3H3;(H3,1,2,3,4)/t23-;/m0./s1. The quantitative estimate of drug-likeness (QED) is 0.192. The number of esters is 1. The first-order chi connectivity index (χ1) is 16.7. The van der Waals surface area contributed by atoms with Crippen LogP contribution in [0.2, 0.25) is 0 Å². The zero-order chi connectivity index (χ0) is 26.6. The summed E-state index contributed by atoms with van der Waals surface area (Å²) in [6.07, 6.45) is 0.104. The van der Waals surface area contributed by atoms with Crippen LogP contribution in [0, 0.1) is 0 Å². The fourth-order valence-electron chi connectivity index (χ4n) is 4.58. The Morgan fingerprint density at radius 2 is 1.86 bits per heavy atom. The third kappa shape index (κ3) is 4.55. The number of aliphatic hydroxyl groups is 1. The van der Waals surface area contributed by atoms with Gasteiger partial charge in [-0.15, -0.1) is 0 Å². The van der Waals surface area contributed by atoms with Gasteiger partial charge in [0.25, 0.3) is 5.56 Å². The summed E-state index contributed by atoms with van der Waals surface area (Å²) in [5.74, 6) is -0.532. The maximum Gasteiger partial charge on any atom is 0.466 e. The van der Waals surface area contributed by atoms with Crippen molar-refractivity contribution in [2.24, 2.45) is 0 Å². The van der Waals surface area contributed by atoms with Crippen LogP contribution < -0.4 is 5.56 Å². The number of hydrogen-bond donors (Lipinski definition) is 5. The number of aromatic hydroxyl groups is 1. The second-order valence-electron chi connectivity index (χ2n) is 8.98. The summed E-state index contributed by atoms with van der Waals surface area (Å²) in [5, 5.41) is 22.2. The predicted molar refractivity (Wildman–Crippen MR) is 128 cm³/mol. The van der Waals surface area contributed by atoms with Crippen LogP contribution >= 0.6 is 7.82 Å². The van der Waals surface area contributed by atoms with E-state index in [4.69, 9.17) is 29.0 Å².